The highest BCUT2D eigenvalue weighted by Gasteiger charge is 2.52. The van der Waals surface area contributed by atoms with Crippen LogP contribution in [0.1, 0.15) is 180 Å². The van der Waals surface area contributed by atoms with Gasteiger partial charge in [0.05, 0.1) is 11.0 Å². The summed E-state index contributed by atoms with van der Waals surface area (Å²) in [6.07, 6.45) is 4.76. The van der Waals surface area contributed by atoms with Crippen LogP contribution >= 0.6 is 11.3 Å². The lowest BCUT2D eigenvalue weighted by molar-refractivity contribution is 0.332. The Morgan fingerprint density at radius 3 is 1.65 bits per heavy atom. The molecule has 0 bridgehead atoms. The predicted molar refractivity (Wildman–Crippen MR) is 337 cm³/mol. The molecule has 2 aliphatic heterocycles. The summed E-state index contributed by atoms with van der Waals surface area (Å²) in [6, 6.07) is 49.9. The average Bonchev–Trinajstić information content (AvgIpc) is 2.04. The fraction of sp³-hybridized carbons (Fsp3) is 0.351. The average molecular weight is 1030 g/mol. The molecular weight excluding hydrogens is 960 g/mol. The molecule has 0 radical (unpaired) electrons. The number of aromatic nitrogens is 1. The van der Waals surface area contributed by atoms with Crippen molar-refractivity contribution in [2.24, 2.45) is 0 Å². The highest BCUT2D eigenvalue weighted by molar-refractivity contribution is 7.25. The van der Waals surface area contributed by atoms with E-state index in [0.29, 0.717) is 0 Å². The molecule has 4 heterocycles. The third-order valence-corrected chi connectivity index (χ3v) is 22.7. The molecule has 0 fully saturated rings. The summed E-state index contributed by atoms with van der Waals surface area (Å²) in [4.78, 5) is 2.83. The first-order valence-electron chi connectivity index (χ1n) is 29.4. The van der Waals surface area contributed by atoms with Crippen LogP contribution in [0.15, 0.2) is 121 Å². The van der Waals surface area contributed by atoms with Gasteiger partial charge in [-0.15, -0.1) is 11.3 Å². The lowest BCUT2D eigenvalue weighted by Gasteiger charge is -2.44. The van der Waals surface area contributed by atoms with Crippen molar-refractivity contribution in [1.29, 1.82) is 0 Å². The maximum Gasteiger partial charge on any atom is 0.333 e. The van der Waals surface area contributed by atoms with E-state index < -0.39 is 0 Å². The van der Waals surface area contributed by atoms with Gasteiger partial charge in [0.1, 0.15) is 0 Å². The fourth-order valence-corrected chi connectivity index (χ4v) is 18.0. The van der Waals surface area contributed by atoms with Gasteiger partial charge in [-0.1, -0.05) is 171 Å². The van der Waals surface area contributed by atoms with Crippen LogP contribution in [-0.4, -0.2) is 11.4 Å². The number of anilines is 2. The predicted octanol–water partition coefficient (Wildman–Crippen LogP) is 19.0. The number of hydrogen-bond donors (Lipinski definition) is 0. The largest absolute Gasteiger partial charge is 0.376 e. The Balaban J connectivity index is 1.13. The smallest absolute Gasteiger partial charge is 0.333 e. The lowest BCUT2D eigenvalue weighted by atomic mass is 9.43. The van der Waals surface area contributed by atoms with Crippen molar-refractivity contribution < 1.29 is 0 Å². The molecule has 6 aliphatic rings. The van der Waals surface area contributed by atoms with Gasteiger partial charge in [0.2, 0.25) is 0 Å². The van der Waals surface area contributed by atoms with E-state index in [0.717, 1.165) is 0 Å². The molecule has 388 valence electrons. The molecule has 0 amide bonds. The quantitative estimate of drug-likeness (QED) is 0.149. The number of hydrogen-bond acceptors (Lipinski definition) is 2. The van der Waals surface area contributed by atoms with E-state index in [4.69, 9.17) is 0 Å². The Hall–Kier alpha value is -6.36. The van der Waals surface area contributed by atoms with Crippen molar-refractivity contribution >= 4 is 82.5 Å². The highest BCUT2D eigenvalue weighted by atomic mass is 32.1. The molecule has 10 aromatic rings. The second-order valence-corrected chi connectivity index (χ2v) is 30.9. The first-order valence-corrected chi connectivity index (χ1v) is 30.2. The van der Waals surface area contributed by atoms with Crippen LogP contribution in [0.4, 0.5) is 11.4 Å². The number of benzene rings is 8. The second kappa shape index (κ2) is 14.5. The topological polar surface area (TPSA) is 8.17 Å². The van der Waals surface area contributed by atoms with E-state index in [-0.39, 0.29) is 44.8 Å². The molecule has 2 aromatic heterocycles. The van der Waals surface area contributed by atoms with Crippen molar-refractivity contribution in [2.45, 2.75) is 167 Å². The second-order valence-electron chi connectivity index (χ2n) is 29.8. The summed E-state index contributed by atoms with van der Waals surface area (Å²) >= 11 is 2.02. The van der Waals surface area contributed by atoms with Crippen molar-refractivity contribution in [3.63, 3.8) is 0 Å². The molecule has 0 unspecified atom stereocenters. The fourth-order valence-electron chi connectivity index (χ4n) is 16.8. The van der Waals surface area contributed by atoms with Gasteiger partial charge in [-0.2, -0.15) is 0 Å². The van der Waals surface area contributed by atoms with E-state index in [1.165, 1.54) is 179 Å². The zero-order valence-corrected chi connectivity index (χ0v) is 49.6. The minimum absolute atomic E-state index is 0.0172. The first kappa shape index (κ1) is 47.6. The Morgan fingerprint density at radius 2 is 1.01 bits per heavy atom. The summed E-state index contributed by atoms with van der Waals surface area (Å²) in [5, 5.41) is 5.61. The van der Waals surface area contributed by atoms with Crippen molar-refractivity contribution in [1.82, 2.24) is 4.57 Å². The van der Waals surface area contributed by atoms with Gasteiger partial charge in [0.15, 0.2) is 0 Å². The molecule has 78 heavy (non-hydrogen) atoms. The molecule has 4 aliphatic carbocycles. The third-order valence-electron chi connectivity index (χ3n) is 21.6. The van der Waals surface area contributed by atoms with Crippen molar-refractivity contribution in [3.8, 4) is 39.1 Å². The van der Waals surface area contributed by atoms with Gasteiger partial charge in [-0.3, -0.25) is 0 Å². The molecular formula is C74H73BN2S. The summed E-state index contributed by atoms with van der Waals surface area (Å²) in [6.45, 7) is 36.9. The summed E-state index contributed by atoms with van der Waals surface area (Å²) in [5.74, 6) is 0. The van der Waals surface area contributed by atoms with Gasteiger partial charge in [-0.05, 0) is 196 Å². The van der Waals surface area contributed by atoms with E-state index in [1.54, 1.807) is 0 Å². The normalized spacial score (nSPS) is 19.6. The molecule has 8 aromatic carbocycles. The maximum absolute atomic E-state index is 2.83. The number of fused-ring (bicyclic) bond motifs is 21. The molecule has 0 N–H and O–H groups in total. The Morgan fingerprint density at radius 1 is 0.462 bits per heavy atom. The zero-order valence-electron chi connectivity index (χ0n) is 48.8. The van der Waals surface area contributed by atoms with Gasteiger partial charge in [0.25, 0.3) is 0 Å². The van der Waals surface area contributed by atoms with Crippen LogP contribution in [0.2, 0.25) is 0 Å². The standard InChI is InChI=1S/C74H73BN2S/c1-68(2,3)40-24-26-41(27-25-40)77-58-35-46-45-32-52-55(72(10,11)31-29-69(52,4)5)39-61(45)78-60(46)36-48(58)64-65-62(43-21-17-19-23-50(43)74(65,14)15)63-47-33-53-54(71(8,9)30-28-70(53,6)7)38-57(47)76-59-34-44-42-20-16-18-22-49(42)73(12,13)51(44)37-56(59)75(77)66(64)67(63)76/h16-27,32-39H,28-31H2,1-15H3. The Bertz CT molecular complexity index is 4420. The molecule has 0 saturated heterocycles. The monoisotopic (exact) mass is 1030 g/mol. The molecule has 4 heteroatoms. The molecule has 0 spiro atoms. The Labute approximate surface area is 467 Å². The maximum atomic E-state index is 2.83. The minimum Gasteiger partial charge on any atom is -0.376 e. The van der Waals surface area contributed by atoms with Crippen LogP contribution in [0.3, 0.4) is 0 Å². The summed E-state index contributed by atoms with van der Waals surface area (Å²) in [5.41, 5.74) is 31.0. The van der Waals surface area contributed by atoms with Gasteiger partial charge >= 0.3 is 6.85 Å². The minimum atomic E-state index is -0.276. The zero-order chi connectivity index (χ0) is 54.1. The van der Waals surface area contributed by atoms with E-state index in [2.05, 4.69) is 235 Å². The first-order chi connectivity index (χ1) is 36.8. The van der Waals surface area contributed by atoms with Crippen LogP contribution in [-0.2, 0) is 37.9 Å². The van der Waals surface area contributed by atoms with Gasteiger partial charge in [-0.25, -0.2) is 0 Å². The lowest BCUT2D eigenvalue weighted by Crippen LogP contribution is -2.61. The highest BCUT2D eigenvalue weighted by Crippen LogP contribution is 2.62. The van der Waals surface area contributed by atoms with Crippen LogP contribution in [0.5, 0.6) is 0 Å². The Kier molecular flexibility index (Phi) is 8.86. The van der Waals surface area contributed by atoms with E-state index >= 15 is 0 Å². The van der Waals surface area contributed by atoms with Crippen LogP contribution < -0.4 is 15.7 Å². The summed E-state index contributed by atoms with van der Waals surface area (Å²) < 4.78 is 5.60. The van der Waals surface area contributed by atoms with E-state index in [1.807, 2.05) is 11.3 Å². The number of rotatable bonds is 1. The van der Waals surface area contributed by atoms with E-state index in [9.17, 15) is 0 Å². The molecule has 16 rings (SSSR count). The third kappa shape index (κ3) is 5.81. The van der Waals surface area contributed by atoms with Crippen molar-refractivity contribution in [3.05, 3.63) is 171 Å². The number of thiophene rings is 1. The van der Waals surface area contributed by atoms with Gasteiger partial charge < -0.3 is 9.38 Å². The number of nitrogens with zero attached hydrogens (tertiary/aromatic N) is 2. The summed E-state index contributed by atoms with van der Waals surface area (Å²) in [7, 11) is 0. The van der Waals surface area contributed by atoms with Crippen molar-refractivity contribution in [2.75, 3.05) is 4.81 Å². The van der Waals surface area contributed by atoms with Crippen LogP contribution in [0, 0.1) is 0 Å². The molecule has 0 atom stereocenters. The molecule has 2 nitrogen and oxygen atoms in total. The SMILES string of the molecule is CC(C)(C)c1ccc(N2B3c4cc5c(cc4-n4c6cc7c(cc6c6c8c(c(c3c64)-c3cc4sc6cc9c(cc6c4cc32)C(C)(C)CCC9(C)C)C(C)(C)c2ccccc2-8)C(C)(C)CCC7(C)C)-c2ccccc2C5(C)C)cc1. The van der Waals surface area contributed by atoms with Gasteiger partial charge in [0, 0.05) is 64.4 Å². The molecule has 0 saturated carbocycles. The van der Waals surface area contributed by atoms with Crippen LogP contribution in [0.25, 0.3) is 81.0 Å².